The third-order valence-electron chi connectivity index (χ3n) is 6.00. The minimum Gasteiger partial charge on any atom is -0.352 e. The molecule has 0 fully saturated rings. The zero-order valence-electron chi connectivity index (χ0n) is 22.0. The van der Waals surface area contributed by atoms with Gasteiger partial charge in [0, 0.05) is 12.6 Å². The van der Waals surface area contributed by atoms with Gasteiger partial charge in [-0.05, 0) is 64.4 Å². The number of benzene rings is 3. The summed E-state index contributed by atoms with van der Waals surface area (Å²) in [4.78, 5) is 28.2. The van der Waals surface area contributed by atoms with Crippen LogP contribution in [-0.2, 0) is 26.2 Å². The van der Waals surface area contributed by atoms with Crippen LogP contribution in [0.1, 0.15) is 37.5 Å². The Balaban J connectivity index is 2.01. The molecule has 7 nitrogen and oxygen atoms in total. The predicted octanol–water partition coefficient (Wildman–Crippen LogP) is 4.44. The third-order valence-corrected chi connectivity index (χ3v) is 7.79. The summed E-state index contributed by atoms with van der Waals surface area (Å²) < 4.78 is 28.7. The minimum atomic E-state index is -4.06. The predicted molar refractivity (Wildman–Crippen MR) is 147 cm³/mol. The Bertz CT molecular complexity index is 1310. The van der Waals surface area contributed by atoms with E-state index in [1.54, 1.807) is 43.3 Å². The fourth-order valence-electron chi connectivity index (χ4n) is 3.85. The second-order valence-corrected chi connectivity index (χ2v) is 11.4. The summed E-state index contributed by atoms with van der Waals surface area (Å²) in [6.07, 6.45) is 0. The Labute approximate surface area is 220 Å². The lowest BCUT2D eigenvalue weighted by Gasteiger charge is -2.32. The molecular weight excluding hydrogens is 486 g/mol. The molecular formula is C29H35N3O4S. The van der Waals surface area contributed by atoms with Crippen LogP contribution >= 0.6 is 0 Å². The first-order valence-corrected chi connectivity index (χ1v) is 13.7. The summed E-state index contributed by atoms with van der Waals surface area (Å²) in [6.45, 7) is 8.85. The lowest BCUT2D eigenvalue weighted by molar-refractivity contribution is -0.139. The van der Waals surface area contributed by atoms with Crippen molar-refractivity contribution in [3.05, 3.63) is 95.6 Å². The van der Waals surface area contributed by atoms with Crippen LogP contribution in [0.2, 0.25) is 0 Å². The number of nitrogens with zero attached hydrogens (tertiary/aromatic N) is 2. The summed E-state index contributed by atoms with van der Waals surface area (Å²) in [6, 6.07) is 21.9. The van der Waals surface area contributed by atoms with Gasteiger partial charge in [-0.1, -0.05) is 65.7 Å². The molecule has 0 aliphatic rings. The Morgan fingerprint density at radius 3 is 1.89 bits per heavy atom. The smallest absolute Gasteiger partial charge is 0.264 e. The van der Waals surface area contributed by atoms with Crippen molar-refractivity contribution in [1.82, 2.24) is 10.2 Å². The van der Waals surface area contributed by atoms with Crippen molar-refractivity contribution in [3.8, 4) is 0 Å². The molecule has 1 atom stereocenters. The van der Waals surface area contributed by atoms with Gasteiger partial charge in [-0.2, -0.15) is 0 Å². The number of aryl methyl sites for hydroxylation is 2. The van der Waals surface area contributed by atoms with Crippen molar-refractivity contribution >= 4 is 27.5 Å². The molecule has 0 radical (unpaired) electrons. The zero-order chi connectivity index (χ0) is 27.2. The molecule has 0 aliphatic carbocycles. The molecule has 0 saturated heterocycles. The van der Waals surface area contributed by atoms with Crippen molar-refractivity contribution < 1.29 is 18.0 Å². The van der Waals surface area contributed by atoms with Gasteiger partial charge in [0.1, 0.15) is 12.6 Å². The zero-order valence-corrected chi connectivity index (χ0v) is 22.8. The van der Waals surface area contributed by atoms with Crippen LogP contribution in [-0.4, -0.2) is 43.8 Å². The van der Waals surface area contributed by atoms with E-state index in [0.29, 0.717) is 5.69 Å². The van der Waals surface area contributed by atoms with Crippen molar-refractivity contribution in [2.24, 2.45) is 0 Å². The topological polar surface area (TPSA) is 86.8 Å². The summed E-state index contributed by atoms with van der Waals surface area (Å²) in [5.41, 5.74) is 3.10. The van der Waals surface area contributed by atoms with E-state index < -0.39 is 28.5 Å². The Hall–Kier alpha value is -3.65. The number of hydrogen-bond acceptors (Lipinski definition) is 4. The van der Waals surface area contributed by atoms with Gasteiger partial charge in [0.2, 0.25) is 11.8 Å². The summed E-state index contributed by atoms with van der Waals surface area (Å²) >= 11 is 0. The highest BCUT2D eigenvalue weighted by atomic mass is 32.2. The van der Waals surface area contributed by atoms with E-state index >= 15 is 0 Å². The molecule has 8 heteroatoms. The number of hydrogen-bond donors (Lipinski definition) is 1. The second-order valence-electron chi connectivity index (χ2n) is 9.51. The molecule has 3 aromatic rings. The van der Waals surface area contributed by atoms with Crippen molar-refractivity contribution in [3.63, 3.8) is 0 Å². The Morgan fingerprint density at radius 1 is 0.811 bits per heavy atom. The van der Waals surface area contributed by atoms with Gasteiger partial charge in [-0.3, -0.25) is 13.9 Å². The van der Waals surface area contributed by atoms with E-state index in [9.17, 15) is 18.0 Å². The van der Waals surface area contributed by atoms with E-state index in [1.165, 1.54) is 17.0 Å². The van der Waals surface area contributed by atoms with Crippen molar-refractivity contribution in [1.29, 1.82) is 0 Å². The molecule has 3 rings (SSSR count). The third kappa shape index (κ3) is 7.20. The first-order valence-electron chi connectivity index (χ1n) is 12.3. The lowest BCUT2D eigenvalue weighted by Crippen LogP contribution is -2.52. The Morgan fingerprint density at radius 2 is 1.35 bits per heavy atom. The number of carbonyl (C=O) groups is 2. The van der Waals surface area contributed by atoms with Gasteiger partial charge in [0.05, 0.1) is 10.6 Å². The molecule has 0 saturated carbocycles. The average Bonchev–Trinajstić information content (AvgIpc) is 2.86. The molecule has 1 N–H and O–H groups in total. The first-order chi connectivity index (χ1) is 17.5. The number of nitrogens with one attached hydrogen (secondary N) is 1. The molecule has 2 amide bonds. The van der Waals surface area contributed by atoms with E-state index in [4.69, 9.17) is 0 Å². The lowest BCUT2D eigenvalue weighted by atomic mass is 10.1. The largest absolute Gasteiger partial charge is 0.352 e. The maximum atomic E-state index is 13.8. The van der Waals surface area contributed by atoms with Crippen LogP contribution in [0.25, 0.3) is 0 Å². The van der Waals surface area contributed by atoms with Gasteiger partial charge < -0.3 is 10.2 Å². The maximum absolute atomic E-state index is 13.8. The number of sulfonamides is 1. The molecule has 0 spiro atoms. The quantitative estimate of drug-likeness (QED) is 0.427. The number of rotatable bonds is 10. The van der Waals surface area contributed by atoms with Crippen LogP contribution in [0.3, 0.4) is 0 Å². The van der Waals surface area contributed by atoms with Crippen LogP contribution < -0.4 is 9.62 Å². The molecule has 0 bridgehead atoms. The van der Waals surface area contributed by atoms with E-state index in [2.05, 4.69) is 5.32 Å². The molecule has 196 valence electrons. The molecule has 3 aromatic carbocycles. The Kier molecular flexibility index (Phi) is 9.10. The number of amides is 2. The van der Waals surface area contributed by atoms with Crippen LogP contribution in [0.15, 0.2) is 83.8 Å². The maximum Gasteiger partial charge on any atom is 0.264 e. The molecule has 0 aliphatic heterocycles. The number of anilines is 1. The van der Waals surface area contributed by atoms with Gasteiger partial charge in [-0.25, -0.2) is 8.42 Å². The van der Waals surface area contributed by atoms with E-state index in [-0.39, 0.29) is 23.4 Å². The van der Waals surface area contributed by atoms with Crippen molar-refractivity contribution in [2.75, 3.05) is 10.8 Å². The first kappa shape index (κ1) is 27.9. The summed E-state index contributed by atoms with van der Waals surface area (Å²) in [5, 5.41) is 2.85. The molecule has 0 unspecified atom stereocenters. The summed E-state index contributed by atoms with van der Waals surface area (Å²) in [7, 11) is -4.06. The van der Waals surface area contributed by atoms with E-state index in [0.717, 1.165) is 21.0 Å². The van der Waals surface area contributed by atoms with Gasteiger partial charge in [0.15, 0.2) is 0 Å². The monoisotopic (exact) mass is 521 g/mol. The summed E-state index contributed by atoms with van der Waals surface area (Å²) in [5.74, 6) is -0.783. The van der Waals surface area contributed by atoms with Gasteiger partial charge in [-0.15, -0.1) is 0 Å². The highest BCUT2D eigenvalue weighted by Crippen LogP contribution is 2.25. The molecule has 0 aromatic heterocycles. The van der Waals surface area contributed by atoms with Crippen LogP contribution in [0.4, 0.5) is 5.69 Å². The molecule has 0 heterocycles. The fraction of sp³-hybridized carbons (Fsp3) is 0.310. The number of carbonyl (C=O) groups excluding carboxylic acids is 2. The van der Waals surface area contributed by atoms with E-state index in [1.807, 2.05) is 58.0 Å². The standard InChI is InChI=1S/C29H35N3O4S/c1-21(2)30-29(34)24(5)31(19-25-9-7-6-8-10-25)28(33)20-32(26-15-11-22(3)12-16-26)37(35,36)27-17-13-23(4)14-18-27/h6-18,21,24H,19-20H2,1-5H3,(H,30,34)/t24-/m0/s1. The van der Waals surface area contributed by atoms with Gasteiger partial charge in [0.25, 0.3) is 10.0 Å². The highest BCUT2D eigenvalue weighted by molar-refractivity contribution is 7.92. The van der Waals surface area contributed by atoms with Crippen molar-refractivity contribution in [2.45, 2.75) is 58.1 Å². The van der Waals surface area contributed by atoms with Crippen LogP contribution in [0.5, 0.6) is 0 Å². The minimum absolute atomic E-state index is 0.0895. The fourth-order valence-corrected chi connectivity index (χ4v) is 5.26. The van der Waals surface area contributed by atoms with Gasteiger partial charge >= 0.3 is 0 Å². The second kappa shape index (κ2) is 12.1. The van der Waals surface area contributed by atoms with Crippen LogP contribution in [0, 0.1) is 13.8 Å². The molecule has 37 heavy (non-hydrogen) atoms. The highest BCUT2D eigenvalue weighted by Gasteiger charge is 2.32. The average molecular weight is 522 g/mol. The normalized spacial score (nSPS) is 12.2. The SMILES string of the molecule is Cc1ccc(N(CC(=O)N(Cc2ccccc2)[C@@H](C)C(=O)NC(C)C)S(=O)(=O)c2ccc(C)cc2)cc1.